The molecular formula is C19H22N4O2. The molecule has 2 heterocycles. The number of nitrogens with zero attached hydrogens (tertiary/aromatic N) is 4. The third-order valence-corrected chi connectivity index (χ3v) is 4.20. The standard InChI is InChI=1S/C19H22N4O2/c1-14(24)23-18-17(10-6-11-20-18)22(13-7-12-21(2)3)16-9-5-4-8-15(16)19(23)25/h4-6,8-11H,7,12-13H2,1-3H3. The molecule has 0 radical (unpaired) electrons. The fourth-order valence-corrected chi connectivity index (χ4v) is 3.09. The second-order valence-electron chi connectivity index (χ2n) is 6.33. The fraction of sp³-hybridized carbons (Fsp3) is 0.316. The normalized spacial score (nSPS) is 13.5. The Labute approximate surface area is 147 Å². The number of carbonyl (C=O) groups excluding carboxylic acids is 2. The molecule has 3 rings (SSSR count). The molecule has 1 aliphatic heterocycles. The minimum Gasteiger partial charge on any atom is -0.338 e. The molecule has 2 aromatic rings. The first-order chi connectivity index (χ1) is 12.0. The van der Waals surface area contributed by atoms with Crippen LogP contribution in [0.15, 0.2) is 42.6 Å². The van der Waals surface area contributed by atoms with Crippen molar-refractivity contribution < 1.29 is 9.59 Å². The van der Waals surface area contributed by atoms with Gasteiger partial charge in [-0.2, -0.15) is 0 Å². The number of hydrogen-bond donors (Lipinski definition) is 0. The molecule has 0 bridgehead atoms. The number of amides is 2. The lowest BCUT2D eigenvalue weighted by Gasteiger charge is -2.26. The van der Waals surface area contributed by atoms with Gasteiger partial charge >= 0.3 is 0 Å². The van der Waals surface area contributed by atoms with Crippen LogP contribution < -0.4 is 9.80 Å². The van der Waals surface area contributed by atoms with Crippen molar-refractivity contribution in [2.24, 2.45) is 0 Å². The van der Waals surface area contributed by atoms with Crippen molar-refractivity contribution in [2.75, 3.05) is 37.0 Å². The Bertz CT molecular complexity index is 804. The van der Waals surface area contributed by atoms with Crippen molar-refractivity contribution in [3.63, 3.8) is 0 Å². The van der Waals surface area contributed by atoms with Gasteiger partial charge in [0.25, 0.3) is 5.91 Å². The van der Waals surface area contributed by atoms with Gasteiger partial charge in [0, 0.05) is 19.7 Å². The molecule has 1 aromatic carbocycles. The Morgan fingerprint density at radius 1 is 1.12 bits per heavy atom. The van der Waals surface area contributed by atoms with Gasteiger partial charge in [-0.1, -0.05) is 12.1 Å². The second-order valence-corrected chi connectivity index (χ2v) is 6.33. The summed E-state index contributed by atoms with van der Waals surface area (Å²) in [5.74, 6) is -0.283. The SMILES string of the molecule is CC(=O)N1C(=O)c2ccccc2N(CCCN(C)C)c2cccnc21. The minimum absolute atomic E-state index is 0.335. The number of anilines is 3. The molecule has 0 saturated carbocycles. The Kier molecular flexibility index (Phi) is 4.81. The first-order valence-corrected chi connectivity index (χ1v) is 8.32. The van der Waals surface area contributed by atoms with Gasteiger partial charge < -0.3 is 9.80 Å². The number of rotatable bonds is 4. The van der Waals surface area contributed by atoms with Gasteiger partial charge in [-0.15, -0.1) is 0 Å². The third kappa shape index (κ3) is 3.25. The molecular weight excluding hydrogens is 316 g/mol. The van der Waals surface area contributed by atoms with Gasteiger partial charge in [-0.25, -0.2) is 9.88 Å². The fourth-order valence-electron chi connectivity index (χ4n) is 3.09. The monoisotopic (exact) mass is 338 g/mol. The molecule has 6 heteroatoms. The van der Waals surface area contributed by atoms with E-state index in [-0.39, 0.29) is 11.8 Å². The molecule has 0 aliphatic carbocycles. The lowest BCUT2D eigenvalue weighted by atomic mass is 10.1. The van der Waals surface area contributed by atoms with Crippen LogP contribution in [0.3, 0.4) is 0 Å². The maximum Gasteiger partial charge on any atom is 0.268 e. The number of hydrogen-bond acceptors (Lipinski definition) is 5. The van der Waals surface area contributed by atoms with Crippen LogP contribution in [0, 0.1) is 0 Å². The largest absolute Gasteiger partial charge is 0.338 e. The molecule has 2 amide bonds. The van der Waals surface area contributed by atoms with E-state index in [1.807, 2.05) is 44.4 Å². The molecule has 0 atom stereocenters. The van der Waals surface area contributed by atoms with E-state index >= 15 is 0 Å². The van der Waals surface area contributed by atoms with Gasteiger partial charge in [-0.05, 0) is 51.3 Å². The van der Waals surface area contributed by atoms with Crippen LogP contribution in [0.2, 0.25) is 0 Å². The molecule has 0 saturated heterocycles. The highest BCUT2D eigenvalue weighted by Gasteiger charge is 2.33. The average molecular weight is 338 g/mol. The number of pyridine rings is 1. The predicted octanol–water partition coefficient (Wildman–Crippen LogP) is 2.68. The third-order valence-electron chi connectivity index (χ3n) is 4.20. The summed E-state index contributed by atoms with van der Waals surface area (Å²) in [7, 11) is 4.07. The lowest BCUT2D eigenvalue weighted by molar-refractivity contribution is -0.116. The second kappa shape index (κ2) is 7.03. The van der Waals surface area contributed by atoms with E-state index in [4.69, 9.17) is 0 Å². The van der Waals surface area contributed by atoms with Crippen LogP contribution >= 0.6 is 0 Å². The number of benzene rings is 1. The molecule has 25 heavy (non-hydrogen) atoms. The summed E-state index contributed by atoms with van der Waals surface area (Å²) in [6, 6.07) is 11.1. The Morgan fingerprint density at radius 3 is 2.56 bits per heavy atom. The molecule has 0 N–H and O–H groups in total. The van der Waals surface area contributed by atoms with E-state index in [2.05, 4.69) is 14.8 Å². The smallest absolute Gasteiger partial charge is 0.268 e. The topological polar surface area (TPSA) is 56.8 Å². The van der Waals surface area contributed by atoms with Crippen LogP contribution in [0.4, 0.5) is 17.2 Å². The van der Waals surface area contributed by atoms with Crippen LogP contribution in [0.25, 0.3) is 0 Å². The summed E-state index contributed by atoms with van der Waals surface area (Å²) in [6.45, 7) is 3.05. The number of fused-ring (bicyclic) bond motifs is 2. The zero-order valence-electron chi connectivity index (χ0n) is 14.8. The van der Waals surface area contributed by atoms with Crippen molar-refractivity contribution in [1.29, 1.82) is 0 Å². The minimum atomic E-state index is -0.338. The van der Waals surface area contributed by atoms with E-state index in [9.17, 15) is 9.59 Å². The van der Waals surface area contributed by atoms with Crippen LogP contribution in [-0.4, -0.2) is 48.9 Å². The number of carbonyl (C=O) groups is 2. The van der Waals surface area contributed by atoms with E-state index in [0.29, 0.717) is 11.4 Å². The van der Waals surface area contributed by atoms with Crippen LogP contribution in [0.5, 0.6) is 0 Å². The van der Waals surface area contributed by atoms with Gasteiger partial charge in [-0.3, -0.25) is 9.59 Å². The van der Waals surface area contributed by atoms with Crippen LogP contribution in [-0.2, 0) is 4.79 Å². The number of aromatic nitrogens is 1. The first-order valence-electron chi connectivity index (χ1n) is 8.32. The molecule has 6 nitrogen and oxygen atoms in total. The zero-order chi connectivity index (χ0) is 18.0. The van der Waals surface area contributed by atoms with Crippen molar-refractivity contribution in [2.45, 2.75) is 13.3 Å². The first kappa shape index (κ1) is 17.1. The maximum absolute atomic E-state index is 13.0. The average Bonchev–Trinajstić information content (AvgIpc) is 2.68. The molecule has 0 fully saturated rings. The summed E-state index contributed by atoms with van der Waals surface area (Å²) >= 11 is 0. The highest BCUT2D eigenvalue weighted by Crippen LogP contribution is 2.39. The van der Waals surface area contributed by atoms with Crippen molar-refractivity contribution >= 4 is 29.0 Å². The highest BCUT2D eigenvalue weighted by atomic mass is 16.2. The highest BCUT2D eigenvalue weighted by molar-refractivity contribution is 6.24. The van der Waals surface area contributed by atoms with Gasteiger partial charge in [0.05, 0.1) is 16.9 Å². The summed E-state index contributed by atoms with van der Waals surface area (Å²) in [5.41, 5.74) is 2.10. The van der Waals surface area contributed by atoms with E-state index in [1.54, 1.807) is 12.3 Å². The summed E-state index contributed by atoms with van der Waals surface area (Å²) in [6.07, 6.45) is 2.53. The predicted molar refractivity (Wildman–Crippen MR) is 98.3 cm³/mol. The summed E-state index contributed by atoms with van der Waals surface area (Å²) in [5, 5.41) is 0. The van der Waals surface area contributed by atoms with E-state index < -0.39 is 0 Å². The van der Waals surface area contributed by atoms with E-state index in [1.165, 1.54) is 11.8 Å². The van der Waals surface area contributed by atoms with E-state index in [0.717, 1.165) is 30.9 Å². The molecule has 130 valence electrons. The molecule has 0 spiro atoms. The van der Waals surface area contributed by atoms with Crippen molar-refractivity contribution in [1.82, 2.24) is 9.88 Å². The Morgan fingerprint density at radius 2 is 1.84 bits per heavy atom. The quantitative estimate of drug-likeness (QED) is 0.858. The van der Waals surface area contributed by atoms with Gasteiger partial charge in [0.2, 0.25) is 5.91 Å². The van der Waals surface area contributed by atoms with Crippen LogP contribution in [0.1, 0.15) is 23.7 Å². The number of para-hydroxylation sites is 1. The summed E-state index contributed by atoms with van der Waals surface area (Å²) < 4.78 is 0. The molecule has 1 aliphatic rings. The van der Waals surface area contributed by atoms with Crippen molar-refractivity contribution in [3.05, 3.63) is 48.2 Å². The zero-order valence-corrected chi connectivity index (χ0v) is 14.8. The molecule has 0 unspecified atom stereocenters. The Balaban J connectivity index is 2.14. The summed E-state index contributed by atoms with van der Waals surface area (Å²) in [4.78, 5) is 34.9. The maximum atomic E-state index is 13.0. The van der Waals surface area contributed by atoms with Gasteiger partial charge in [0.15, 0.2) is 5.82 Å². The Hall–Kier alpha value is -2.73. The van der Waals surface area contributed by atoms with Crippen molar-refractivity contribution in [3.8, 4) is 0 Å². The lowest BCUT2D eigenvalue weighted by Crippen LogP contribution is -2.35. The van der Waals surface area contributed by atoms with Gasteiger partial charge in [0.1, 0.15) is 0 Å². The molecule has 1 aromatic heterocycles. The number of imide groups is 1.